The predicted molar refractivity (Wildman–Crippen MR) is 133 cm³/mol. The minimum Gasteiger partial charge on any atom is -0.497 e. The molecule has 6 heteroatoms. The van der Waals surface area contributed by atoms with E-state index < -0.39 is 10.0 Å². The van der Waals surface area contributed by atoms with Gasteiger partial charge in [0.1, 0.15) is 5.75 Å². The van der Waals surface area contributed by atoms with Crippen LogP contribution in [0.5, 0.6) is 5.75 Å². The van der Waals surface area contributed by atoms with Gasteiger partial charge in [-0.25, -0.2) is 8.42 Å². The average Bonchev–Trinajstić information content (AvgIpc) is 3.31. The van der Waals surface area contributed by atoms with Crippen LogP contribution in [0.25, 0.3) is 0 Å². The van der Waals surface area contributed by atoms with Crippen molar-refractivity contribution in [1.29, 1.82) is 0 Å². The highest BCUT2D eigenvalue weighted by Crippen LogP contribution is 2.50. The van der Waals surface area contributed by atoms with Gasteiger partial charge in [-0.3, -0.25) is 4.72 Å². The summed E-state index contributed by atoms with van der Waals surface area (Å²) in [6.07, 6.45) is 5.36. The third-order valence-electron chi connectivity index (χ3n) is 6.86. The molecule has 0 spiro atoms. The van der Waals surface area contributed by atoms with Crippen molar-refractivity contribution < 1.29 is 13.2 Å². The van der Waals surface area contributed by atoms with E-state index in [2.05, 4.69) is 34.3 Å². The van der Waals surface area contributed by atoms with E-state index in [1.54, 1.807) is 19.2 Å². The highest BCUT2D eigenvalue weighted by molar-refractivity contribution is 7.92. The number of methoxy groups -OCH3 is 1. The summed E-state index contributed by atoms with van der Waals surface area (Å²) in [6, 6.07) is 19.3. The van der Waals surface area contributed by atoms with Crippen LogP contribution >= 0.6 is 0 Å². The number of ether oxygens (including phenoxy) is 1. The van der Waals surface area contributed by atoms with Crippen LogP contribution in [0.1, 0.15) is 40.6 Å². The van der Waals surface area contributed by atoms with E-state index >= 15 is 0 Å². The highest BCUT2D eigenvalue weighted by Gasteiger charge is 2.38. The van der Waals surface area contributed by atoms with E-state index in [1.807, 2.05) is 50.2 Å². The number of benzene rings is 3. The minimum atomic E-state index is -3.70. The smallest absolute Gasteiger partial charge is 0.261 e. The molecule has 0 aromatic heterocycles. The summed E-state index contributed by atoms with van der Waals surface area (Å²) in [7, 11) is -2.02. The molecule has 1 heterocycles. The number of fused-ring (bicyclic) bond motifs is 3. The van der Waals surface area contributed by atoms with Gasteiger partial charge in [-0.2, -0.15) is 0 Å². The Morgan fingerprint density at radius 1 is 1.00 bits per heavy atom. The Bertz CT molecular complexity index is 1350. The molecule has 0 amide bonds. The monoisotopic (exact) mass is 460 g/mol. The molecular weight excluding hydrogens is 432 g/mol. The zero-order chi connectivity index (χ0) is 23.2. The van der Waals surface area contributed by atoms with E-state index in [9.17, 15) is 8.42 Å². The number of hydrogen-bond acceptors (Lipinski definition) is 4. The van der Waals surface area contributed by atoms with Crippen molar-refractivity contribution in [3.8, 4) is 5.75 Å². The Morgan fingerprint density at radius 3 is 2.64 bits per heavy atom. The number of hydrogen-bond donors (Lipinski definition) is 2. The summed E-state index contributed by atoms with van der Waals surface area (Å²) in [4.78, 5) is 0.278. The van der Waals surface area contributed by atoms with Crippen LogP contribution in [0.15, 0.2) is 77.7 Å². The van der Waals surface area contributed by atoms with Crippen molar-refractivity contribution in [3.63, 3.8) is 0 Å². The maximum absolute atomic E-state index is 13.2. The first kappa shape index (κ1) is 21.6. The van der Waals surface area contributed by atoms with Crippen molar-refractivity contribution in [2.24, 2.45) is 5.92 Å². The molecule has 33 heavy (non-hydrogen) atoms. The predicted octanol–water partition coefficient (Wildman–Crippen LogP) is 5.94. The van der Waals surface area contributed by atoms with Gasteiger partial charge in [0.2, 0.25) is 0 Å². The third-order valence-corrected chi connectivity index (χ3v) is 8.24. The lowest BCUT2D eigenvalue weighted by Gasteiger charge is -2.37. The summed E-state index contributed by atoms with van der Waals surface area (Å²) < 4.78 is 34.5. The first-order valence-electron chi connectivity index (χ1n) is 11.2. The van der Waals surface area contributed by atoms with Crippen molar-refractivity contribution in [3.05, 3.63) is 95.1 Å². The standard InChI is InChI=1S/C27H28N2O3S/c1-17-10-11-20(14-18(17)2)29-33(30,31)22-12-13-26-25(16-22)23-8-5-9-24(23)27(28-26)19-6-4-7-21(15-19)32-3/h4-8,10-16,23-24,27-29H,9H2,1-3H3/t23-,24+,27+/m0/s1. The van der Waals surface area contributed by atoms with E-state index in [1.165, 1.54) is 5.56 Å². The van der Waals surface area contributed by atoms with Gasteiger partial charge in [-0.1, -0.05) is 30.4 Å². The largest absolute Gasteiger partial charge is 0.497 e. The molecule has 3 atom stereocenters. The Hall–Kier alpha value is -3.25. The first-order chi connectivity index (χ1) is 15.9. The van der Waals surface area contributed by atoms with Gasteiger partial charge in [0.05, 0.1) is 18.0 Å². The van der Waals surface area contributed by atoms with Gasteiger partial charge in [0, 0.05) is 17.3 Å². The molecule has 3 aromatic rings. The summed E-state index contributed by atoms with van der Waals surface area (Å²) in [6.45, 7) is 3.98. The first-order valence-corrected chi connectivity index (χ1v) is 12.7. The molecular formula is C27H28N2O3S. The number of sulfonamides is 1. The number of allylic oxidation sites excluding steroid dienone is 2. The van der Waals surface area contributed by atoms with Gasteiger partial charge in [-0.05, 0) is 90.9 Å². The van der Waals surface area contributed by atoms with Crippen molar-refractivity contribution in [2.45, 2.75) is 37.1 Å². The molecule has 0 bridgehead atoms. The lowest BCUT2D eigenvalue weighted by molar-refractivity contribution is 0.406. The fraction of sp³-hybridized carbons (Fsp3) is 0.259. The van der Waals surface area contributed by atoms with Gasteiger partial charge in [0.25, 0.3) is 10.0 Å². The fourth-order valence-corrected chi connectivity index (χ4v) is 6.01. The molecule has 2 aliphatic rings. The second-order valence-corrected chi connectivity index (χ2v) is 10.6. The molecule has 0 saturated heterocycles. The van der Waals surface area contributed by atoms with Crippen LogP contribution in [0.3, 0.4) is 0 Å². The second-order valence-electron chi connectivity index (χ2n) is 8.91. The fourth-order valence-electron chi connectivity index (χ4n) is 4.92. The van der Waals surface area contributed by atoms with Gasteiger partial charge in [-0.15, -0.1) is 0 Å². The molecule has 0 fully saturated rings. The number of rotatable bonds is 5. The van der Waals surface area contributed by atoms with Crippen molar-refractivity contribution in [2.75, 3.05) is 17.1 Å². The topological polar surface area (TPSA) is 67.4 Å². The highest BCUT2D eigenvalue weighted by atomic mass is 32.2. The third kappa shape index (κ3) is 4.00. The molecule has 3 aromatic carbocycles. The van der Waals surface area contributed by atoms with Gasteiger partial charge < -0.3 is 10.1 Å². The summed E-state index contributed by atoms with van der Waals surface area (Å²) >= 11 is 0. The molecule has 170 valence electrons. The van der Waals surface area contributed by atoms with Crippen molar-refractivity contribution >= 4 is 21.4 Å². The maximum atomic E-state index is 13.2. The average molecular weight is 461 g/mol. The zero-order valence-corrected chi connectivity index (χ0v) is 19.8. The van der Waals surface area contributed by atoms with E-state index in [0.29, 0.717) is 11.6 Å². The number of anilines is 2. The molecule has 1 aliphatic carbocycles. The van der Waals surface area contributed by atoms with Crippen LogP contribution in [-0.2, 0) is 10.0 Å². The molecule has 5 nitrogen and oxygen atoms in total. The molecule has 0 radical (unpaired) electrons. The zero-order valence-electron chi connectivity index (χ0n) is 19.0. The maximum Gasteiger partial charge on any atom is 0.261 e. The van der Waals surface area contributed by atoms with Crippen LogP contribution < -0.4 is 14.8 Å². The minimum absolute atomic E-state index is 0.128. The van der Waals surface area contributed by atoms with Gasteiger partial charge in [0.15, 0.2) is 0 Å². The van der Waals surface area contributed by atoms with E-state index in [4.69, 9.17) is 4.74 Å². The lowest BCUT2D eigenvalue weighted by Crippen LogP contribution is -2.29. The molecule has 0 saturated carbocycles. The van der Waals surface area contributed by atoms with Gasteiger partial charge >= 0.3 is 0 Å². The molecule has 0 unspecified atom stereocenters. The molecule has 2 N–H and O–H groups in total. The van der Waals surface area contributed by atoms with Crippen molar-refractivity contribution in [1.82, 2.24) is 0 Å². The van der Waals surface area contributed by atoms with Crippen LogP contribution in [-0.4, -0.2) is 15.5 Å². The van der Waals surface area contributed by atoms with E-state index in [0.717, 1.165) is 34.5 Å². The lowest BCUT2D eigenvalue weighted by atomic mass is 9.77. The molecule has 5 rings (SSSR count). The Morgan fingerprint density at radius 2 is 1.85 bits per heavy atom. The summed E-state index contributed by atoms with van der Waals surface area (Å²) in [5.41, 5.74) is 5.92. The van der Waals surface area contributed by atoms with Crippen LogP contribution in [0.4, 0.5) is 11.4 Å². The number of nitrogens with one attached hydrogen (secondary N) is 2. The number of aryl methyl sites for hydroxylation is 2. The van der Waals surface area contributed by atoms with E-state index in [-0.39, 0.29) is 16.9 Å². The normalized spacial score (nSPS) is 21.1. The van der Waals surface area contributed by atoms with Crippen LogP contribution in [0, 0.1) is 19.8 Å². The Labute approximate surface area is 195 Å². The molecule has 1 aliphatic heterocycles. The quantitative estimate of drug-likeness (QED) is 0.463. The SMILES string of the molecule is COc1cccc([C@H]2Nc3ccc(S(=O)(=O)Nc4ccc(C)c(C)c4)cc3[C@H]3C=CC[C@H]32)c1. The Balaban J connectivity index is 1.48. The summed E-state index contributed by atoms with van der Waals surface area (Å²) in [5.74, 6) is 1.31. The second kappa shape index (κ2) is 8.27. The Kier molecular flexibility index (Phi) is 5.41. The van der Waals surface area contributed by atoms with Crippen LogP contribution in [0.2, 0.25) is 0 Å². The summed E-state index contributed by atoms with van der Waals surface area (Å²) in [5, 5.41) is 3.67.